The summed E-state index contributed by atoms with van der Waals surface area (Å²) in [5.41, 5.74) is 3.28. The third kappa shape index (κ3) is 4.21. The molecule has 0 amide bonds. The fourth-order valence-electron chi connectivity index (χ4n) is 6.90. The van der Waals surface area contributed by atoms with Crippen LogP contribution in [0.15, 0.2) is 146 Å². The van der Waals surface area contributed by atoms with E-state index in [0.717, 1.165) is 0 Å². The highest BCUT2D eigenvalue weighted by Crippen LogP contribution is 2.54. The lowest BCUT2D eigenvalue weighted by Crippen LogP contribution is -2.00. The van der Waals surface area contributed by atoms with Crippen molar-refractivity contribution in [3.63, 3.8) is 0 Å². The van der Waals surface area contributed by atoms with E-state index < -0.39 is 23.3 Å². The Kier molecular flexibility index (Phi) is 6.65. The number of hydrogen-bond acceptors (Lipinski definition) is 0. The molecule has 0 N–H and O–H groups in total. The number of benzene rings is 8. The molecular formula is C42H24F4. The number of hydrogen-bond donors (Lipinski definition) is 0. The zero-order valence-corrected chi connectivity index (χ0v) is 24.4. The fraction of sp³-hybridized carbons (Fsp3) is 0. The normalized spacial score (nSPS) is 11.5. The predicted octanol–water partition coefficient (Wildman–Crippen LogP) is 12.4. The van der Waals surface area contributed by atoms with Crippen LogP contribution in [-0.2, 0) is 0 Å². The van der Waals surface area contributed by atoms with Crippen molar-refractivity contribution in [1.29, 1.82) is 0 Å². The Morgan fingerprint density at radius 2 is 0.435 bits per heavy atom. The van der Waals surface area contributed by atoms with Crippen LogP contribution in [0.25, 0.3) is 76.8 Å². The van der Waals surface area contributed by atoms with Gasteiger partial charge in [-0.05, 0) is 45.8 Å². The van der Waals surface area contributed by atoms with Gasteiger partial charge < -0.3 is 0 Å². The lowest BCUT2D eigenvalue weighted by Gasteiger charge is -2.25. The van der Waals surface area contributed by atoms with Gasteiger partial charge in [-0.15, -0.1) is 0 Å². The maximum atomic E-state index is 16.0. The van der Waals surface area contributed by atoms with Gasteiger partial charge in [0.1, 0.15) is 23.3 Å². The monoisotopic (exact) mass is 604 g/mol. The van der Waals surface area contributed by atoms with Crippen LogP contribution in [0.3, 0.4) is 0 Å². The van der Waals surface area contributed by atoms with Gasteiger partial charge in [-0.25, -0.2) is 17.6 Å². The molecule has 0 saturated heterocycles. The number of rotatable bonds is 4. The van der Waals surface area contributed by atoms with E-state index in [4.69, 9.17) is 0 Å². The van der Waals surface area contributed by atoms with Crippen LogP contribution in [0.4, 0.5) is 17.6 Å². The van der Waals surface area contributed by atoms with E-state index in [1.54, 1.807) is 72.8 Å². The van der Waals surface area contributed by atoms with Gasteiger partial charge in [0.05, 0.1) is 0 Å². The molecule has 8 aromatic carbocycles. The van der Waals surface area contributed by atoms with E-state index >= 15 is 17.6 Å². The molecule has 8 rings (SSSR count). The van der Waals surface area contributed by atoms with Crippen molar-refractivity contribution in [1.82, 2.24) is 0 Å². The Labute approximate surface area is 262 Å². The number of fused-ring (bicyclic) bond motifs is 3. The quantitative estimate of drug-likeness (QED) is 0.138. The van der Waals surface area contributed by atoms with Crippen LogP contribution in [0.5, 0.6) is 0 Å². The molecule has 0 unspecified atom stereocenters. The first kappa shape index (κ1) is 27.8. The highest BCUT2D eigenvalue weighted by Gasteiger charge is 2.28. The van der Waals surface area contributed by atoms with E-state index in [1.807, 2.05) is 48.5 Å². The largest absolute Gasteiger partial charge is 0.206 e. The third-order valence-electron chi connectivity index (χ3n) is 8.75. The Morgan fingerprint density at radius 1 is 0.239 bits per heavy atom. The van der Waals surface area contributed by atoms with Crippen molar-refractivity contribution >= 4 is 32.3 Å². The molecule has 0 bridgehead atoms. The van der Waals surface area contributed by atoms with Gasteiger partial charge in [-0.1, -0.05) is 121 Å². The molecule has 0 aliphatic rings. The summed E-state index contributed by atoms with van der Waals surface area (Å²) < 4.78 is 64.2. The van der Waals surface area contributed by atoms with Crippen molar-refractivity contribution in [3.8, 4) is 44.5 Å². The minimum atomic E-state index is -0.465. The average Bonchev–Trinajstić information content (AvgIpc) is 3.08. The molecule has 0 fully saturated rings. The van der Waals surface area contributed by atoms with Crippen molar-refractivity contribution in [2.75, 3.05) is 0 Å². The molecule has 46 heavy (non-hydrogen) atoms. The smallest absolute Gasteiger partial charge is 0.131 e. The molecule has 8 aromatic rings. The van der Waals surface area contributed by atoms with E-state index in [1.165, 1.54) is 24.3 Å². The maximum absolute atomic E-state index is 16.0. The zero-order valence-electron chi connectivity index (χ0n) is 24.4. The van der Waals surface area contributed by atoms with Crippen molar-refractivity contribution in [2.45, 2.75) is 0 Å². The van der Waals surface area contributed by atoms with E-state index in [0.29, 0.717) is 76.8 Å². The van der Waals surface area contributed by atoms with E-state index in [9.17, 15) is 0 Å². The number of halogens is 4. The Balaban J connectivity index is 1.81. The van der Waals surface area contributed by atoms with E-state index in [2.05, 4.69) is 0 Å². The van der Waals surface area contributed by atoms with Crippen LogP contribution in [0.1, 0.15) is 0 Å². The molecular weight excluding hydrogens is 580 g/mol. The topological polar surface area (TPSA) is 0 Å². The minimum Gasteiger partial charge on any atom is -0.206 e. The van der Waals surface area contributed by atoms with Crippen LogP contribution in [-0.4, -0.2) is 0 Å². The second-order valence-corrected chi connectivity index (χ2v) is 11.3. The summed E-state index contributed by atoms with van der Waals surface area (Å²) in [7, 11) is 0. The first-order valence-corrected chi connectivity index (χ1v) is 15.0. The van der Waals surface area contributed by atoms with Crippen molar-refractivity contribution < 1.29 is 17.6 Å². The highest BCUT2D eigenvalue weighted by molar-refractivity contribution is 6.33. The first-order chi connectivity index (χ1) is 22.5. The Hall–Kier alpha value is -5.74. The van der Waals surface area contributed by atoms with Crippen molar-refractivity contribution in [3.05, 3.63) is 169 Å². The third-order valence-corrected chi connectivity index (χ3v) is 8.75. The maximum Gasteiger partial charge on any atom is 0.131 e. The molecule has 0 nitrogen and oxygen atoms in total. The van der Waals surface area contributed by atoms with Crippen LogP contribution >= 0.6 is 0 Å². The van der Waals surface area contributed by atoms with Gasteiger partial charge in [0.2, 0.25) is 0 Å². The van der Waals surface area contributed by atoms with Gasteiger partial charge in [0, 0.05) is 55.3 Å². The van der Waals surface area contributed by atoms with Gasteiger partial charge in [-0.3, -0.25) is 0 Å². The van der Waals surface area contributed by atoms with Crippen molar-refractivity contribution in [2.24, 2.45) is 0 Å². The molecule has 0 heterocycles. The minimum absolute atomic E-state index is 0.302. The summed E-state index contributed by atoms with van der Waals surface area (Å²) in [6, 6.07) is 40.8. The standard InChI is InChI=1S/C42H24F4/c43-33-21-9-5-17-29(33)37-25-13-1-2-14-26(25)38(30-18-6-10-22-34(30)44)42-40(32-20-8-12-24-36(32)46)28-16-4-3-15-27(28)39(41(37)42)31-19-7-11-23-35(31)45/h1-24H. The first-order valence-electron chi connectivity index (χ1n) is 15.0. The lowest BCUT2D eigenvalue weighted by molar-refractivity contribution is 0.630. The average molecular weight is 605 g/mol. The lowest BCUT2D eigenvalue weighted by atomic mass is 9.77. The fourth-order valence-corrected chi connectivity index (χ4v) is 6.90. The molecule has 4 heteroatoms. The Bertz CT molecular complexity index is 2140. The molecule has 220 valence electrons. The summed E-state index contributed by atoms with van der Waals surface area (Å²) in [5, 5.41) is 3.64. The molecule has 0 spiro atoms. The summed E-state index contributed by atoms with van der Waals surface area (Å²) >= 11 is 0. The molecule has 0 aliphatic heterocycles. The van der Waals surface area contributed by atoms with Gasteiger partial charge >= 0.3 is 0 Å². The van der Waals surface area contributed by atoms with Gasteiger partial charge in [0.15, 0.2) is 0 Å². The van der Waals surface area contributed by atoms with Crippen LogP contribution in [0, 0.1) is 23.3 Å². The SMILES string of the molecule is Fc1ccccc1-c1c2ccccc2c(-c2ccccc2F)c2c(-c3ccccc3F)c3ccccc3c(-c3ccccc3F)c12. The molecule has 0 aromatic heterocycles. The van der Waals surface area contributed by atoms with Gasteiger partial charge in [-0.2, -0.15) is 0 Å². The second kappa shape index (κ2) is 11.0. The molecule has 0 atom stereocenters. The summed E-state index contributed by atoms with van der Waals surface area (Å²) in [4.78, 5) is 0. The molecule has 0 radical (unpaired) electrons. The molecule has 0 saturated carbocycles. The summed E-state index contributed by atoms with van der Waals surface area (Å²) in [6.07, 6.45) is 0. The van der Waals surface area contributed by atoms with E-state index in [-0.39, 0.29) is 0 Å². The van der Waals surface area contributed by atoms with Crippen LogP contribution in [0.2, 0.25) is 0 Å². The second-order valence-electron chi connectivity index (χ2n) is 11.3. The summed E-state index contributed by atoms with van der Waals surface area (Å²) in [5.74, 6) is -1.86. The molecule has 0 aliphatic carbocycles. The van der Waals surface area contributed by atoms with Crippen LogP contribution < -0.4 is 0 Å². The zero-order chi connectivity index (χ0) is 31.4. The summed E-state index contributed by atoms with van der Waals surface area (Å²) in [6.45, 7) is 0. The highest BCUT2D eigenvalue weighted by atomic mass is 19.1. The van der Waals surface area contributed by atoms with Gasteiger partial charge in [0.25, 0.3) is 0 Å². The Morgan fingerprint density at radius 3 is 0.652 bits per heavy atom. The predicted molar refractivity (Wildman–Crippen MR) is 181 cm³/mol.